The number of para-hydroxylation sites is 2. The first-order valence-corrected chi connectivity index (χ1v) is 11.5. The van der Waals surface area contributed by atoms with Gasteiger partial charge in [0.1, 0.15) is 6.10 Å². The van der Waals surface area contributed by atoms with Crippen LogP contribution in [0.1, 0.15) is 19.3 Å². The third-order valence-corrected chi connectivity index (χ3v) is 7.86. The van der Waals surface area contributed by atoms with E-state index in [-0.39, 0.29) is 11.9 Å². The standard InChI is InChI=1S/C20H32N2O5S/c1-21(2)28(24,25)10-6-9-22-13-15-11-17(23)20(12-16(15)14-22)27-19-8-5-4-7-18(19)26-3/h4-5,7-8,15-17,20,23H,6,9-14H2,1-3H3/t15-,16+,17+,20+/m0/s1. The number of rotatable bonds is 8. The van der Waals surface area contributed by atoms with Gasteiger partial charge in [0.25, 0.3) is 0 Å². The van der Waals surface area contributed by atoms with Crippen molar-refractivity contribution in [3.05, 3.63) is 24.3 Å². The van der Waals surface area contributed by atoms with Crippen molar-refractivity contribution < 1.29 is 23.0 Å². The molecule has 1 saturated carbocycles. The molecule has 1 N–H and O–H groups in total. The smallest absolute Gasteiger partial charge is 0.213 e. The third-order valence-electron chi connectivity index (χ3n) is 5.94. The first kappa shape index (κ1) is 21.4. The fourth-order valence-corrected chi connectivity index (χ4v) is 5.19. The summed E-state index contributed by atoms with van der Waals surface area (Å²) in [5.41, 5.74) is 0. The zero-order chi connectivity index (χ0) is 20.3. The molecule has 1 aliphatic heterocycles. The molecular formula is C20H32N2O5S. The monoisotopic (exact) mass is 412 g/mol. The van der Waals surface area contributed by atoms with Crippen LogP contribution < -0.4 is 9.47 Å². The van der Waals surface area contributed by atoms with E-state index in [1.54, 1.807) is 21.2 Å². The third kappa shape index (κ3) is 4.97. The number of sulfonamides is 1. The Morgan fingerprint density at radius 2 is 1.79 bits per heavy atom. The molecule has 0 radical (unpaired) electrons. The van der Waals surface area contributed by atoms with Crippen molar-refractivity contribution in [2.75, 3.05) is 46.6 Å². The average Bonchev–Trinajstić information content (AvgIpc) is 3.03. The molecule has 0 aromatic heterocycles. The summed E-state index contributed by atoms with van der Waals surface area (Å²) in [6, 6.07) is 7.51. The highest BCUT2D eigenvalue weighted by atomic mass is 32.2. The number of fused-ring (bicyclic) bond motifs is 1. The first-order chi connectivity index (χ1) is 13.3. The van der Waals surface area contributed by atoms with Crippen LogP contribution in [0.5, 0.6) is 11.5 Å². The first-order valence-electron chi connectivity index (χ1n) is 9.90. The molecule has 3 rings (SSSR count). The molecular weight excluding hydrogens is 380 g/mol. The van der Waals surface area contributed by atoms with Gasteiger partial charge < -0.3 is 19.5 Å². The molecule has 7 nitrogen and oxygen atoms in total. The Balaban J connectivity index is 1.53. The highest BCUT2D eigenvalue weighted by molar-refractivity contribution is 7.89. The summed E-state index contributed by atoms with van der Waals surface area (Å²) < 4.78 is 36.6. The molecule has 0 amide bonds. The van der Waals surface area contributed by atoms with Crippen molar-refractivity contribution in [2.45, 2.75) is 31.5 Å². The van der Waals surface area contributed by atoms with Gasteiger partial charge in [-0.3, -0.25) is 0 Å². The van der Waals surface area contributed by atoms with Crippen LogP contribution >= 0.6 is 0 Å². The topological polar surface area (TPSA) is 79.3 Å². The molecule has 1 aromatic rings. The summed E-state index contributed by atoms with van der Waals surface area (Å²) in [6.07, 6.45) is 1.41. The fraction of sp³-hybridized carbons (Fsp3) is 0.700. The van der Waals surface area contributed by atoms with Crippen molar-refractivity contribution in [1.29, 1.82) is 0 Å². The number of benzene rings is 1. The van der Waals surface area contributed by atoms with E-state index in [9.17, 15) is 13.5 Å². The zero-order valence-corrected chi connectivity index (χ0v) is 17.8. The van der Waals surface area contributed by atoms with Crippen LogP contribution in [0.25, 0.3) is 0 Å². The van der Waals surface area contributed by atoms with Crippen LogP contribution in [0.4, 0.5) is 0 Å². The minimum Gasteiger partial charge on any atom is -0.493 e. The minimum atomic E-state index is -3.14. The maximum absolute atomic E-state index is 11.9. The molecule has 28 heavy (non-hydrogen) atoms. The Labute approximate surface area is 168 Å². The largest absolute Gasteiger partial charge is 0.493 e. The predicted octanol–water partition coefficient (Wildman–Crippen LogP) is 1.43. The molecule has 0 spiro atoms. The molecule has 1 aromatic carbocycles. The Morgan fingerprint density at radius 1 is 1.14 bits per heavy atom. The normalized spacial score (nSPS) is 28.3. The molecule has 0 unspecified atom stereocenters. The highest BCUT2D eigenvalue weighted by Gasteiger charge is 2.42. The molecule has 4 atom stereocenters. The fourth-order valence-electron chi connectivity index (χ4n) is 4.33. The van der Waals surface area contributed by atoms with E-state index < -0.39 is 16.1 Å². The van der Waals surface area contributed by atoms with Gasteiger partial charge in [0, 0.05) is 27.2 Å². The molecule has 1 heterocycles. The van der Waals surface area contributed by atoms with Gasteiger partial charge in [0.05, 0.1) is 19.0 Å². The van der Waals surface area contributed by atoms with Gasteiger partial charge in [0.15, 0.2) is 11.5 Å². The minimum absolute atomic E-state index is 0.175. The highest BCUT2D eigenvalue weighted by Crippen LogP contribution is 2.39. The summed E-state index contributed by atoms with van der Waals surface area (Å²) in [7, 11) is 1.62. The van der Waals surface area contributed by atoms with E-state index in [1.165, 1.54) is 4.31 Å². The quantitative estimate of drug-likeness (QED) is 0.696. The van der Waals surface area contributed by atoms with Crippen molar-refractivity contribution in [1.82, 2.24) is 9.21 Å². The van der Waals surface area contributed by atoms with Gasteiger partial charge in [-0.15, -0.1) is 0 Å². The van der Waals surface area contributed by atoms with Crippen LogP contribution in [0.2, 0.25) is 0 Å². The van der Waals surface area contributed by atoms with Crippen LogP contribution in [-0.4, -0.2) is 81.5 Å². The molecule has 8 heteroatoms. The van der Waals surface area contributed by atoms with Crippen LogP contribution in [0.3, 0.4) is 0 Å². The van der Waals surface area contributed by atoms with Crippen molar-refractivity contribution in [3.63, 3.8) is 0 Å². The SMILES string of the molecule is COc1ccccc1O[C@@H]1C[C@@H]2CN(CCCS(=O)(=O)N(C)C)C[C@@H]2C[C@H]1O. The summed E-state index contributed by atoms with van der Waals surface area (Å²) >= 11 is 0. The Bertz CT molecular complexity index is 755. The van der Waals surface area contributed by atoms with E-state index in [2.05, 4.69) is 4.90 Å². The lowest BCUT2D eigenvalue weighted by Crippen LogP contribution is -2.42. The number of likely N-dealkylation sites (tertiary alicyclic amines) is 1. The average molecular weight is 413 g/mol. The summed E-state index contributed by atoms with van der Waals surface area (Å²) in [4.78, 5) is 2.33. The van der Waals surface area contributed by atoms with E-state index in [4.69, 9.17) is 9.47 Å². The number of aliphatic hydroxyl groups is 1. The number of hydrogen-bond acceptors (Lipinski definition) is 6. The second-order valence-electron chi connectivity index (χ2n) is 8.08. The van der Waals surface area contributed by atoms with Crippen LogP contribution in [0.15, 0.2) is 24.3 Å². The number of ether oxygens (including phenoxy) is 2. The molecule has 2 aliphatic rings. The molecule has 2 fully saturated rings. The molecule has 158 valence electrons. The van der Waals surface area contributed by atoms with Gasteiger partial charge in [0.2, 0.25) is 10.0 Å². The predicted molar refractivity (Wildman–Crippen MR) is 108 cm³/mol. The van der Waals surface area contributed by atoms with E-state index >= 15 is 0 Å². The maximum Gasteiger partial charge on any atom is 0.213 e. The van der Waals surface area contributed by atoms with Gasteiger partial charge in [-0.25, -0.2) is 12.7 Å². The lowest BCUT2D eigenvalue weighted by molar-refractivity contribution is -0.0240. The van der Waals surface area contributed by atoms with E-state index in [0.29, 0.717) is 29.8 Å². The Morgan fingerprint density at radius 3 is 2.43 bits per heavy atom. The lowest BCUT2D eigenvalue weighted by Gasteiger charge is -2.35. The van der Waals surface area contributed by atoms with Crippen LogP contribution in [-0.2, 0) is 10.0 Å². The summed E-state index contributed by atoms with van der Waals surface area (Å²) in [6.45, 7) is 2.63. The summed E-state index contributed by atoms with van der Waals surface area (Å²) in [5.74, 6) is 2.42. The maximum atomic E-state index is 11.9. The number of aliphatic hydroxyl groups excluding tert-OH is 1. The number of hydrogen-bond donors (Lipinski definition) is 1. The van der Waals surface area contributed by atoms with E-state index in [0.717, 1.165) is 32.5 Å². The molecule has 0 bridgehead atoms. The second-order valence-corrected chi connectivity index (χ2v) is 10.4. The zero-order valence-electron chi connectivity index (χ0n) is 17.0. The van der Waals surface area contributed by atoms with Gasteiger partial charge >= 0.3 is 0 Å². The van der Waals surface area contributed by atoms with Gasteiger partial charge in [-0.2, -0.15) is 0 Å². The summed E-state index contributed by atoms with van der Waals surface area (Å²) in [5, 5.41) is 10.6. The number of nitrogens with zero attached hydrogens (tertiary/aromatic N) is 2. The molecule has 1 aliphatic carbocycles. The van der Waals surface area contributed by atoms with Gasteiger partial charge in [-0.05, 0) is 49.8 Å². The van der Waals surface area contributed by atoms with Crippen LogP contribution in [0, 0.1) is 11.8 Å². The van der Waals surface area contributed by atoms with Crippen molar-refractivity contribution in [2.24, 2.45) is 11.8 Å². The Hall–Kier alpha value is -1.35. The van der Waals surface area contributed by atoms with Crippen molar-refractivity contribution >= 4 is 10.0 Å². The van der Waals surface area contributed by atoms with Crippen molar-refractivity contribution in [3.8, 4) is 11.5 Å². The van der Waals surface area contributed by atoms with E-state index in [1.807, 2.05) is 24.3 Å². The van der Waals surface area contributed by atoms with Gasteiger partial charge in [-0.1, -0.05) is 12.1 Å². The number of methoxy groups -OCH3 is 1. The second kappa shape index (κ2) is 8.98. The molecule has 1 saturated heterocycles. The Kier molecular flexibility index (Phi) is 6.85. The lowest BCUT2D eigenvalue weighted by atomic mass is 9.78.